The molecule has 6 nitrogen and oxygen atoms in total. The molecule has 0 aliphatic carbocycles. The van der Waals surface area contributed by atoms with E-state index in [9.17, 15) is 9.59 Å². The number of hydrazone groups is 1. The normalized spacial score (nSPS) is 10.8. The van der Waals surface area contributed by atoms with Crippen LogP contribution in [0.3, 0.4) is 0 Å². The van der Waals surface area contributed by atoms with Crippen molar-refractivity contribution in [3.63, 3.8) is 0 Å². The molecular formula is C26H20BrN3O3. The number of halogens is 1. The first-order chi connectivity index (χ1) is 16.1. The maximum atomic E-state index is 12.3. The highest BCUT2D eigenvalue weighted by Gasteiger charge is 2.14. The second-order valence-corrected chi connectivity index (χ2v) is 8.05. The monoisotopic (exact) mass is 501 g/mol. The van der Waals surface area contributed by atoms with Crippen molar-refractivity contribution in [1.82, 2.24) is 5.43 Å². The lowest BCUT2D eigenvalue weighted by Crippen LogP contribution is -2.32. The van der Waals surface area contributed by atoms with Gasteiger partial charge in [-0.2, -0.15) is 5.10 Å². The van der Waals surface area contributed by atoms with Crippen LogP contribution in [0.15, 0.2) is 101 Å². The van der Waals surface area contributed by atoms with Gasteiger partial charge in [0.25, 0.3) is 0 Å². The van der Waals surface area contributed by atoms with Crippen LogP contribution in [0.25, 0.3) is 10.8 Å². The fourth-order valence-electron chi connectivity index (χ4n) is 3.21. The maximum absolute atomic E-state index is 12.3. The van der Waals surface area contributed by atoms with Crippen molar-refractivity contribution in [2.45, 2.75) is 6.61 Å². The predicted molar refractivity (Wildman–Crippen MR) is 133 cm³/mol. The van der Waals surface area contributed by atoms with Crippen LogP contribution in [-0.4, -0.2) is 18.0 Å². The summed E-state index contributed by atoms with van der Waals surface area (Å²) in [5.41, 5.74) is 4.50. The number of hydrogen-bond acceptors (Lipinski definition) is 4. The first-order valence-corrected chi connectivity index (χ1v) is 11.0. The first-order valence-electron chi connectivity index (χ1n) is 10.2. The molecule has 0 atom stereocenters. The number of amides is 2. The number of nitrogens with zero attached hydrogens (tertiary/aromatic N) is 1. The summed E-state index contributed by atoms with van der Waals surface area (Å²) in [5, 5.41) is 8.38. The smallest absolute Gasteiger partial charge is 0.329 e. The van der Waals surface area contributed by atoms with Crippen molar-refractivity contribution in [3.05, 3.63) is 107 Å². The fraction of sp³-hybridized carbons (Fsp3) is 0.0385. The van der Waals surface area contributed by atoms with Crippen molar-refractivity contribution in [2.75, 3.05) is 5.32 Å². The van der Waals surface area contributed by atoms with E-state index in [1.54, 1.807) is 6.07 Å². The summed E-state index contributed by atoms with van der Waals surface area (Å²) < 4.78 is 6.73. The van der Waals surface area contributed by atoms with Gasteiger partial charge in [-0.3, -0.25) is 9.59 Å². The fourth-order valence-corrected chi connectivity index (χ4v) is 3.59. The Morgan fingerprint density at radius 3 is 2.48 bits per heavy atom. The van der Waals surface area contributed by atoms with E-state index in [0.717, 1.165) is 20.8 Å². The Balaban J connectivity index is 1.40. The van der Waals surface area contributed by atoms with E-state index in [2.05, 4.69) is 31.8 Å². The minimum atomic E-state index is -0.874. The van der Waals surface area contributed by atoms with Crippen LogP contribution in [0, 0.1) is 0 Å². The molecule has 0 saturated heterocycles. The van der Waals surface area contributed by atoms with Crippen molar-refractivity contribution in [3.8, 4) is 5.75 Å². The number of rotatable bonds is 6. The molecule has 0 aliphatic heterocycles. The van der Waals surface area contributed by atoms with E-state index in [1.807, 2.05) is 84.9 Å². The van der Waals surface area contributed by atoms with Gasteiger partial charge in [0.2, 0.25) is 0 Å². The summed E-state index contributed by atoms with van der Waals surface area (Å²) >= 11 is 3.42. The number of fused-ring (bicyclic) bond motifs is 1. The number of nitrogens with one attached hydrogen (secondary N) is 2. The molecule has 2 amide bonds. The molecule has 0 aromatic heterocycles. The summed E-state index contributed by atoms with van der Waals surface area (Å²) in [6.07, 6.45) is 1.44. The van der Waals surface area contributed by atoms with Crippen molar-refractivity contribution < 1.29 is 14.3 Å². The standard InChI is InChI=1S/C26H20BrN3O3/c27-21-13-14-24(33-17-18-7-2-1-3-8-18)20(15-21)16-28-30-26(32)25(31)29-23-12-6-10-19-9-4-5-11-22(19)23/h1-16H,17H2,(H,29,31)(H,30,32)/b28-16+. The molecule has 0 heterocycles. The van der Waals surface area contributed by atoms with Crippen LogP contribution >= 0.6 is 15.9 Å². The number of carbonyl (C=O) groups is 2. The summed E-state index contributed by atoms with van der Waals surface area (Å²) in [5.74, 6) is -1.08. The lowest BCUT2D eigenvalue weighted by Gasteiger charge is -2.10. The molecule has 0 fully saturated rings. The van der Waals surface area contributed by atoms with Crippen LogP contribution < -0.4 is 15.5 Å². The molecule has 4 aromatic carbocycles. The highest BCUT2D eigenvalue weighted by atomic mass is 79.9. The predicted octanol–water partition coefficient (Wildman–Crippen LogP) is 5.27. The topological polar surface area (TPSA) is 79.8 Å². The molecule has 7 heteroatoms. The Bertz CT molecular complexity index is 1320. The summed E-state index contributed by atoms with van der Waals surface area (Å²) in [6.45, 7) is 0.392. The van der Waals surface area contributed by atoms with E-state index in [0.29, 0.717) is 23.6 Å². The van der Waals surface area contributed by atoms with Crippen LogP contribution in [0.1, 0.15) is 11.1 Å². The third kappa shape index (κ3) is 5.84. The maximum Gasteiger partial charge on any atom is 0.329 e. The largest absolute Gasteiger partial charge is 0.488 e. The number of anilines is 1. The Morgan fingerprint density at radius 2 is 1.64 bits per heavy atom. The van der Waals surface area contributed by atoms with Gasteiger partial charge in [0.15, 0.2) is 0 Å². The Morgan fingerprint density at radius 1 is 0.879 bits per heavy atom. The summed E-state index contributed by atoms with van der Waals surface area (Å²) in [4.78, 5) is 24.6. The third-order valence-corrected chi connectivity index (χ3v) is 5.32. The lowest BCUT2D eigenvalue weighted by molar-refractivity contribution is -0.136. The average Bonchev–Trinajstić information content (AvgIpc) is 2.84. The van der Waals surface area contributed by atoms with Gasteiger partial charge in [-0.1, -0.05) is 82.7 Å². The molecule has 2 N–H and O–H groups in total. The first kappa shape index (κ1) is 22.2. The Hall–Kier alpha value is -3.97. The highest BCUT2D eigenvalue weighted by Crippen LogP contribution is 2.24. The van der Waals surface area contributed by atoms with Gasteiger partial charge >= 0.3 is 11.8 Å². The lowest BCUT2D eigenvalue weighted by atomic mass is 10.1. The number of hydrogen-bond donors (Lipinski definition) is 2. The van der Waals surface area contributed by atoms with Crippen LogP contribution in [0.5, 0.6) is 5.75 Å². The minimum absolute atomic E-state index is 0.392. The highest BCUT2D eigenvalue weighted by molar-refractivity contribution is 9.10. The molecule has 4 rings (SSSR count). The number of ether oxygens (including phenoxy) is 1. The molecule has 0 aliphatic rings. The third-order valence-electron chi connectivity index (χ3n) is 4.82. The van der Waals surface area contributed by atoms with Crippen molar-refractivity contribution in [2.24, 2.45) is 5.10 Å². The minimum Gasteiger partial charge on any atom is -0.488 e. The molecule has 33 heavy (non-hydrogen) atoms. The van der Waals surface area contributed by atoms with Crippen molar-refractivity contribution >= 4 is 50.4 Å². The second-order valence-electron chi connectivity index (χ2n) is 7.14. The van der Waals surface area contributed by atoms with Gasteiger partial charge in [-0.05, 0) is 35.2 Å². The van der Waals surface area contributed by atoms with Crippen LogP contribution in [0.4, 0.5) is 5.69 Å². The zero-order valence-electron chi connectivity index (χ0n) is 17.5. The van der Waals surface area contributed by atoms with Gasteiger partial charge in [0.1, 0.15) is 12.4 Å². The van der Waals surface area contributed by atoms with E-state index >= 15 is 0 Å². The number of carbonyl (C=O) groups excluding carboxylic acids is 2. The Labute approximate surface area is 199 Å². The average molecular weight is 502 g/mol. The molecule has 4 aromatic rings. The molecule has 0 bridgehead atoms. The van der Waals surface area contributed by atoms with E-state index in [4.69, 9.17) is 4.74 Å². The molecule has 0 unspecified atom stereocenters. The molecule has 0 radical (unpaired) electrons. The van der Waals surface area contributed by atoms with Crippen LogP contribution in [-0.2, 0) is 16.2 Å². The van der Waals surface area contributed by atoms with E-state index < -0.39 is 11.8 Å². The van der Waals surface area contributed by atoms with Gasteiger partial charge in [-0.15, -0.1) is 0 Å². The van der Waals surface area contributed by atoms with E-state index in [-0.39, 0.29) is 0 Å². The summed E-state index contributed by atoms with van der Waals surface area (Å²) in [6, 6.07) is 28.4. The second kappa shape index (κ2) is 10.6. The summed E-state index contributed by atoms with van der Waals surface area (Å²) in [7, 11) is 0. The quantitative estimate of drug-likeness (QED) is 0.214. The van der Waals surface area contributed by atoms with Gasteiger partial charge in [0.05, 0.1) is 6.21 Å². The van der Waals surface area contributed by atoms with Gasteiger partial charge in [-0.25, -0.2) is 5.43 Å². The molecular weight excluding hydrogens is 482 g/mol. The molecule has 0 saturated carbocycles. The Kier molecular flexibility index (Phi) is 7.12. The van der Waals surface area contributed by atoms with Gasteiger partial charge < -0.3 is 10.1 Å². The zero-order valence-corrected chi connectivity index (χ0v) is 19.1. The van der Waals surface area contributed by atoms with Crippen molar-refractivity contribution in [1.29, 1.82) is 0 Å². The van der Waals surface area contributed by atoms with E-state index in [1.165, 1.54) is 6.21 Å². The molecule has 164 valence electrons. The number of benzene rings is 4. The molecule has 0 spiro atoms. The SMILES string of the molecule is O=C(N/N=C/c1cc(Br)ccc1OCc1ccccc1)C(=O)Nc1cccc2ccccc12. The van der Waals surface area contributed by atoms with Crippen LogP contribution in [0.2, 0.25) is 0 Å². The van der Waals surface area contributed by atoms with Gasteiger partial charge in [0, 0.05) is 21.1 Å². The zero-order chi connectivity index (χ0) is 23.0.